The molecule has 0 saturated carbocycles. The van der Waals surface area contributed by atoms with Gasteiger partial charge in [0.15, 0.2) is 0 Å². The maximum absolute atomic E-state index is 13.1. The second-order valence-electron chi connectivity index (χ2n) is 5.83. The molecule has 1 fully saturated rings. The van der Waals surface area contributed by atoms with Crippen molar-refractivity contribution >= 4 is 0 Å². The quantitative estimate of drug-likeness (QED) is 0.865. The lowest BCUT2D eigenvalue weighted by molar-refractivity contribution is 0.120. The maximum Gasteiger partial charge on any atom is 0.123 e. The lowest BCUT2D eigenvalue weighted by Crippen LogP contribution is -2.33. The summed E-state index contributed by atoms with van der Waals surface area (Å²) in [4.78, 5) is 4.61. The number of benzene rings is 1. The molecule has 1 heterocycles. The molecule has 2 rings (SSSR count). The molecule has 0 bridgehead atoms. The smallest absolute Gasteiger partial charge is 0.123 e. The van der Waals surface area contributed by atoms with Gasteiger partial charge in [-0.05, 0) is 63.2 Å². The summed E-state index contributed by atoms with van der Waals surface area (Å²) in [6.07, 6.45) is 2.06. The number of halogens is 1. The minimum Gasteiger partial charge on any atom is -0.387 e. The average Bonchev–Trinajstić information content (AvgIpc) is 2.89. The molecule has 4 heteroatoms. The van der Waals surface area contributed by atoms with E-state index >= 15 is 0 Å². The molecule has 112 valence electrons. The molecule has 1 atom stereocenters. The molecule has 1 N–H and O–H groups in total. The van der Waals surface area contributed by atoms with Crippen molar-refractivity contribution in [2.45, 2.75) is 25.9 Å². The van der Waals surface area contributed by atoms with Gasteiger partial charge in [-0.25, -0.2) is 4.39 Å². The summed E-state index contributed by atoms with van der Waals surface area (Å²) in [7, 11) is 2.03. The fraction of sp³-hybridized carbons (Fsp3) is 0.625. The average molecular weight is 280 g/mol. The number of aryl methyl sites for hydroxylation is 1. The third-order valence-electron chi connectivity index (χ3n) is 4.07. The van der Waals surface area contributed by atoms with Gasteiger partial charge >= 0.3 is 0 Å². The van der Waals surface area contributed by atoms with Gasteiger partial charge < -0.3 is 14.9 Å². The lowest BCUT2D eigenvalue weighted by atomic mass is 10.0. The van der Waals surface area contributed by atoms with Gasteiger partial charge in [0.2, 0.25) is 0 Å². The summed E-state index contributed by atoms with van der Waals surface area (Å²) in [6.45, 7) is 6.84. The van der Waals surface area contributed by atoms with Gasteiger partial charge in [0, 0.05) is 19.6 Å². The van der Waals surface area contributed by atoms with Crippen molar-refractivity contribution in [3.63, 3.8) is 0 Å². The third-order valence-corrected chi connectivity index (χ3v) is 4.07. The van der Waals surface area contributed by atoms with E-state index in [0.717, 1.165) is 24.2 Å². The minimum atomic E-state index is -0.556. The van der Waals surface area contributed by atoms with Crippen LogP contribution in [0, 0.1) is 12.7 Å². The van der Waals surface area contributed by atoms with Crippen LogP contribution >= 0.6 is 0 Å². The zero-order valence-corrected chi connectivity index (χ0v) is 12.5. The summed E-state index contributed by atoms with van der Waals surface area (Å²) in [5, 5.41) is 10.3. The molecule has 0 aliphatic carbocycles. The van der Waals surface area contributed by atoms with E-state index in [1.54, 1.807) is 6.07 Å². The highest BCUT2D eigenvalue weighted by molar-refractivity contribution is 5.28. The van der Waals surface area contributed by atoms with E-state index in [0.29, 0.717) is 6.54 Å². The summed E-state index contributed by atoms with van der Waals surface area (Å²) in [5.74, 6) is -0.249. The highest BCUT2D eigenvalue weighted by atomic mass is 19.1. The molecular formula is C16H25FN2O. The second kappa shape index (κ2) is 7.16. The molecule has 0 amide bonds. The monoisotopic (exact) mass is 280 g/mol. The first-order valence-electron chi connectivity index (χ1n) is 7.41. The molecule has 0 aromatic heterocycles. The zero-order chi connectivity index (χ0) is 14.5. The van der Waals surface area contributed by atoms with Gasteiger partial charge in [0.05, 0.1) is 6.10 Å². The van der Waals surface area contributed by atoms with Crippen LogP contribution in [0.4, 0.5) is 4.39 Å². The Kier molecular flexibility index (Phi) is 5.52. The molecule has 20 heavy (non-hydrogen) atoms. The lowest BCUT2D eigenvalue weighted by Gasteiger charge is -2.24. The summed E-state index contributed by atoms with van der Waals surface area (Å²) in [6, 6.07) is 4.57. The minimum absolute atomic E-state index is 0.249. The first-order chi connectivity index (χ1) is 9.56. The topological polar surface area (TPSA) is 26.7 Å². The Hall–Kier alpha value is -0.970. The number of hydrogen-bond acceptors (Lipinski definition) is 3. The fourth-order valence-corrected chi connectivity index (χ4v) is 2.82. The van der Waals surface area contributed by atoms with Gasteiger partial charge in [-0.15, -0.1) is 0 Å². The van der Waals surface area contributed by atoms with Crippen LogP contribution in [0.15, 0.2) is 18.2 Å². The van der Waals surface area contributed by atoms with E-state index in [1.807, 2.05) is 14.0 Å². The van der Waals surface area contributed by atoms with Crippen LogP contribution in [0.2, 0.25) is 0 Å². The van der Waals surface area contributed by atoms with Crippen molar-refractivity contribution in [1.82, 2.24) is 9.80 Å². The van der Waals surface area contributed by atoms with Gasteiger partial charge in [-0.3, -0.25) is 0 Å². The Balaban J connectivity index is 1.81. The number of rotatable bonds is 6. The highest BCUT2D eigenvalue weighted by Crippen LogP contribution is 2.19. The first-order valence-corrected chi connectivity index (χ1v) is 7.41. The van der Waals surface area contributed by atoms with Crippen molar-refractivity contribution < 1.29 is 9.50 Å². The maximum atomic E-state index is 13.1. The van der Waals surface area contributed by atoms with Crippen LogP contribution in [0.25, 0.3) is 0 Å². The second-order valence-corrected chi connectivity index (χ2v) is 5.83. The van der Waals surface area contributed by atoms with Crippen LogP contribution in [0.1, 0.15) is 30.1 Å². The largest absolute Gasteiger partial charge is 0.387 e. The van der Waals surface area contributed by atoms with Crippen LogP contribution in [-0.2, 0) is 0 Å². The Bertz CT molecular complexity index is 432. The summed E-state index contributed by atoms with van der Waals surface area (Å²) in [5.41, 5.74) is 1.63. The summed E-state index contributed by atoms with van der Waals surface area (Å²) < 4.78 is 13.1. The van der Waals surface area contributed by atoms with Crippen LogP contribution in [0.3, 0.4) is 0 Å². The standard InChI is InChI=1S/C16H25FN2O/c1-13-11-14(17)5-6-15(13)16(20)12-18(2)9-10-19-7-3-4-8-19/h5-6,11,16,20H,3-4,7-10,12H2,1-2H3. The molecule has 1 saturated heterocycles. The van der Waals surface area contributed by atoms with Crippen molar-refractivity contribution in [3.8, 4) is 0 Å². The molecule has 1 aromatic carbocycles. The number of nitrogens with zero attached hydrogens (tertiary/aromatic N) is 2. The highest BCUT2D eigenvalue weighted by Gasteiger charge is 2.15. The number of likely N-dealkylation sites (N-methyl/N-ethyl adjacent to an activating group) is 1. The van der Waals surface area contributed by atoms with Crippen molar-refractivity contribution in [3.05, 3.63) is 35.1 Å². The van der Waals surface area contributed by atoms with Crippen molar-refractivity contribution in [1.29, 1.82) is 0 Å². The normalized spacial score (nSPS) is 17.9. The van der Waals surface area contributed by atoms with Crippen LogP contribution < -0.4 is 0 Å². The molecule has 0 radical (unpaired) electrons. The Labute approximate surface area is 121 Å². The number of likely N-dealkylation sites (tertiary alicyclic amines) is 1. The number of aliphatic hydroxyl groups is 1. The van der Waals surface area contributed by atoms with Gasteiger partial charge in [-0.2, -0.15) is 0 Å². The van der Waals surface area contributed by atoms with Crippen LogP contribution in [-0.4, -0.2) is 54.7 Å². The van der Waals surface area contributed by atoms with Gasteiger partial charge in [0.25, 0.3) is 0 Å². The van der Waals surface area contributed by atoms with Crippen molar-refractivity contribution in [2.24, 2.45) is 0 Å². The molecule has 1 aromatic rings. The molecule has 1 aliphatic rings. The van der Waals surface area contributed by atoms with Gasteiger partial charge in [-0.1, -0.05) is 6.07 Å². The number of hydrogen-bond donors (Lipinski definition) is 1. The Morgan fingerprint density at radius 2 is 2.05 bits per heavy atom. The van der Waals surface area contributed by atoms with E-state index < -0.39 is 6.10 Å². The molecule has 0 spiro atoms. The fourth-order valence-electron chi connectivity index (χ4n) is 2.82. The Morgan fingerprint density at radius 1 is 1.35 bits per heavy atom. The molecular weight excluding hydrogens is 255 g/mol. The molecule has 3 nitrogen and oxygen atoms in total. The van der Waals surface area contributed by atoms with E-state index in [4.69, 9.17) is 0 Å². The summed E-state index contributed by atoms with van der Waals surface area (Å²) >= 11 is 0. The van der Waals surface area contributed by atoms with Gasteiger partial charge in [0.1, 0.15) is 5.82 Å². The zero-order valence-electron chi connectivity index (χ0n) is 12.5. The molecule has 1 unspecified atom stereocenters. The van der Waals surface area contributed by atoms with E-state index in [9.17, 15) is 9.50 Å². The van der Waals surface area contributed by atoms with E-state index in [1.165, 1.54) is 38.1 Å². The predicted molar refractivity (Wildman–Crippen MR) is 79.3 cm³/mol. The van der Waals surface area contributed by atoms with E-state index in [2.05, 4.69) is 9.80 Å². The van der Waals surface area contributed by atoms with E-state index in [-0.39, 0.29) is 5.82 Å². The first kappa shape index (κ1) is 15.4. The molecule has 1 aliphatic heterocycles. The SMILES string of the molecule is Cc1cc(F)ccc1C(O)CN(C)CCN1CCCC1. The predicted octanol–water partition coefficient (Wildman–Crippen LogP) is 2.20. The third kappa shape index (κ3) is 4.27. The van der Waals surface area contributed by atoms with Crippen LogP contribution in [0.5, 0.6) is 0 Å². The van der Waals surface area contributed by atoms with Crippen molar-refractivity contribution in [2.75, 3.05) is 39.8 Å². The Morgan fingerprint density at radius 3 is 2.70 bits per heavy atom. The number of aliphatic hydroxyl groups excluding tert-OH is 1.